The number of carbonyl (C=O) groups is 1. The van der Waals surface area contributed by atoms with Gasteiger partial charge in [-0.2, -0.15) is 0 Å². The van der Waals surface area contributed by atoms with Crippen molar-refractivity contribution in [1.82, 2.24) is 5.32 Å². The van der Waals surface area contributed by atoms with E-state index in [4.69, 9.17) is 16.3 Å². The van der Waals surface area contributed by atoms with Gasteiger partial charge in [-0.1, -0.05) is 30.7 Å². The molecule has 4 heteroatoms. The number of amides is 1. The molecule has 1 aliphatic rings. The van der Waals surface area contributed by atoms with Crippen molar-refractivity contribution in [2.45, 2.75) is 38.1 Å². The zero-order chi connectivity index (χ0) is 13.7. The van der Waals surface area contributed by atoms with Crippen LogP contribution in [-0.2, 0) is 16.0 Å². The number of benzene rings is 1. The predicted octanol–water partition coefficient (Wildman–Crippen LogP) is 2.96. The number of nitrogens with one attached hydrogen (secondary N) is 1. The Morgan fingerprint density at radius 3 is 2.63 bits per heavy atom. The minimum atomic E-state index is -0.0551. The van der Waals surface area contributed by atoms with Crippen LogP contribution in [0.1, 0.15) is 31.7 Å². The van der Waals surface area contributed by atoms with Gasteiger partial charge in [-0.3, -0.25) is 4.79 Å². The molecule has 1 amide bonds. The summed E-state index contributed by atoms with van der Waals surface area (Å²) in [5.41, 5.74) is 1.15. The zero-order valence-corrected chi connectivity index (χ0v) is 12.0. The number of halogens is 1. The fraction of sp³-hybridized carbons (Fsp3) is 0.533. The molecule has 1 aliphatic carbocycles. The largest absolute Gasteiger partial charge is 0.372 e. The van der Waals surface area contributed by atoms with Crippen molar-refractivity contribution >= 4 is 17.5 Å². The lowest BCUT2D eigenvalue weighted by Gasteiger charge is -2.17. The monoisotopic (exact) mass is 281 g/mol. The normalized spacial score (nSPS) is 16.1. The molecular formula is C15H20ClNO2. The summed E-state index contributed by atoms with van der Waals surface area (Å²) in [5.74, 6) is -0.0140. The Bertz CT molecular complexity index is 426. The lowest BCUT2D eigenvalue weighted by Crippen LogP contribution is -2.40. The Labute approximate surface area is 119 Å². The van der Waals surface area contributed by atoms with Gasteiger partial charge in [0.05, 0.1) is 0 Å². The molecule has 0 atom stereocenters. The summed E-state index contributed by atoms with van der Waals surface area (Å²) in [4.78, 5) is 11.8. The number of carbonyl (C=O) groups excluding carboxylic acids is 1. The summed E-state index contributed by atoms with van der Waals surface area (Å²) in [6, 6.07) is 7.81. The molecule has 0 saturated heterocycles. The molecule has 2 rings (SSSR count). The molecule has 19 heavy (non-hydrogen) atoms. The maximum absolute atomic E-state index is 11.8. The van der Waals surface area contributed by atoms with Crippen LogP contribution in [0.3, 0.4) is 0 Å². The van der Waals surface area contributed by atoms with Gasteiger partial charge >= 0.3 is 0 Å². The predicted molar refractivity (Wildman–Crippen MR) is 76.4 cm³/mol. The van der Waals surface area contributed by atoms with Crippen molar-refractivity contribution in [3.8, 4) is 0 Å². The Kier molecular flexibility index (Phi) is 4.83. The Balaban J connectivity index is 1.82. The summed E-state index contributed by atoms with van der Waals surface area (Å²) in [5, 5.41) is 3.83. The average molecular weight is 282 g/mol. The van der Waals surface area contributed by atoms with Gasteiger partial charge in [-0.25, -0.2) is 0 Å². The van der Waals surface area contributed by atoms with E-state index < -0.39 is 0 Å². The van der Waals surface area contributed by atoms with Gasteiger partial charge in [0.15, 0.2) is 0 Å². The third-order valence-electron chi connectivity index (χ3n) is 3.30. The molecule has 0 radical (unpaired) electrons. The third-order valence-corrected chi connectivity index (χ3v) is 3.55. The lowest BCUT2D eigenvalue weighted by atomic mass is 10.0. The molecule has 0 unspecified atom stereocenters. The molecule has 0 aromatic heterocycles. The topological polar surface area (TPSA) is 38.3 Å². The molecule has 1 fully saturated rings. The van der Waals surface area contributed by atoms with Crippen LogP contribution in [0.4, 0.5) is 0 Å². The van der Waals surface area contributed by atoms with Gasteiger partial charge in [0.1, 0.15) is 6.61 Å². The standard InChI is InChI=1S/C15H20ClNO2/c1-2-9-19-11-14(18)17-15(7-8-15)10-12-3-5-13(16)6-4-12/h3-6H,2,7-11H2,1H3,(H,17,18). The van der Waals surface area contributed by atoms with E-state index >= 15 is 0 Å². The molecule has 0 bridgehead atoms. The summed E-state index contributed by atoms with van der Waals surface area (Å²) in [7, 11) is 0. The second kappa shape index (κ2) is 6.40. The van der Waals surface area contributed by atoms with Gasteiger partial charge in [0.2, 0.25) is 5.91 Å². The summed E-state index contributed by atoms with van der Waals surface area (Å²) in [6.45, 7) is 2.83. The smallest absolute Gasteiger partial charge is 0.246 e. The summed E-state index contributed by atoms with van der Waals surface area (Å²) in [6.07, 6.45) is 3.87. The maximum Gasteiger partial charge on any atom is 0.246 e. The second-order valence-corrected chi connectivity index (χ2v) is 5.62. The molecule has 1 aromatic rings. The maximum atomic E-state index is 11.8. The highest BCUT2D eigenvalue weighted by Crippen LogP contribution is 2.38. The van der Waals surface area contributed by atoms with Crippen LogP contribution in [0.5, 0.6) is 0 Å². The molecule has 0 aliphatic heterocycles. The van der Waals surface area contributed by atoms with Gasteiger partial charge in [0, 0.05) is 17.2 Å². The molecular weight excluding hydrogens is 262 g/mol. The van der Waals surface area contributed by atoms with Crippen LogP contribution >= 0.6 is 11.6 Å². The van der Waals surface area contributed by atoms with Crippen molar-refractivity contribution in [1.29, 1.82) is 0 Å². The molecule has 104 valence electrons. The first-order valence-corrected chi connectivity index (χ1v) is 7.14. The average Bonchev–Trinajstić information content (AvgIpc) is 3.12. The van der Waals surface area contributed by atoms with E-state index in [0.717, 1.165) is 30.7 Å². The zero-order valence-electron chi connectivity index (χ0n) is 11.2. The number of hydrogen-bond acceptors (Lipinski definition) is 2. The molecule has 1 saturated carbocycles. The Hall–Kier alpha value is -1.06. The Morgan fingerprint density at radius 1 is 1.37 bits per heavy atom. The van der Waals surface area contributed by atoms with Crippen LogP contribution in [0.25, 0.3) is 0 Å². The van der Waals surface area contributed by atoms with Gasteiger partial charge < -0.3 is 10.1 Å². The van der Waals surface area contributed by atoms with E-state index in [1.165, 1.54) is 5.56 Å². The minimum absolute atomic E-state index is 0.0140. The van der Waals surface area contributed by atoms with E-state index in [-0.39, 0.29) is 18.1 Å². The SMILES string of the molecule is CCCOCC(=O)NC1(Cc2ccc(Cl)cc2)CC1. The first-order valence-electron chi connectivity index (χ1n) is 6.77. The van der Waals surface area contributed by atoms with E-state index in [2.05, 4.69) is 5.32 Å². The van der Waals surface area contributed by atoms with Gasteiger partial charge in [0.25, 0.3) is 0 Å². The molecule has 3 nitrogen and oxygen atoms in total. The van der Waals surface area contributed by atoms with Crippen molar-refractivity contribution in [3.63, 3.8) is 0 Å². The lowest BCUT2D eigenvalue weighted by molar-refractivity contribution is -0.126. The van der Waals surface area contributed by atoms with E-state index in [1.807, 2.05) is 31.2 Å². The Morgan fingerprint density at radius 2 is 2.05 bits per heavy atom. The third kappa shape index (κ3) is 4.51. The second-order valence-electron chi connectivity index (χ2n) is 5.18. The van der Waals surface area contributed by atoms with E-state index in [1.54, 1.807) is 0 Å². The van der Waals surface area contributed by atoms with Crippen LogP contribution < -0.4 is 5.32 Å². The van der Waals surface area contributed by atoms with Gasteiger partial charge in [-0.05, 0) is 43.4 Å². The highest BCUT2D eigenvalue weighted by atomic mass is 35.5. The fourth-order valence-corrected chi connectivity index (χ4v) is 2.26. The highest BCUT2D eigenvalue weighted by Gasteiger charge is 2.43. The quantitative estimate of drug-likeness (QED) is 0.781. The van der Waals surface area contributed by atoms with Crippen molar-refractivity contribution in [2.75, 3.05) is 13.2 Å². The number of hydrogen-bond donors (Lipinski definition) is 1. The first kappa shape index (κ1) is 14.4. The molecule has 1 aromatic carbocycles. The van der Waals surface area contributed by atoms with E-state index in [0.29, 0.717) is 6.61 Å². The van der Waals surface area contributed by atoms with Gasteiger partial charge in [-0.15, -0.1) is 0 Å². The van der Waals surface area contributed by atoms with Crippen LogP contribution in [-0.4, -0.2) is 24.7 Å². The number of rotatable bonds is 7. The van der Waals surface area contributed by atoms with Crippen molar-refractivity contribution in [2.24, 2.45) is 0 Å². The minimum Gasteiger partial charge on any atom is -0.372 e. The van der Waals surface area contributed by atoms with Crippen molar-refractivity contribution < 1.29 is 9.53 Å². The fourth-order valence-electron chi connectivity index (χ4n) is 2.13. The van der Waals surface area contributed by atoms with Crippen LogP contribution in [0, 0.1) is 0 Å². The highest BCUT2D eigenvalue weighted by molar-refractivity contribution is 6.30. The van der Waals surface area contributed by atoms with Crippen molar-refractivity contribution in [3.05, 3.63) is 34.9 Å². The summed E-state index contributed by atoms with van der Waals surface area (Å²) < 4.78 is 5.25. The molecule has 0 spiro atoms. The summed E-state index contributed by atoms with van der Waals surface area (Å²) >= 11 is 5.87. The molecule has 1 N–H and O–H groups in total. The van der Waals surface area contributed by atoms with Crippen LogP contribution in [0.15, 0.2) is 24.3 Å². The number of ether oxygens (including phenoxy) is 1. The van der Waals surface area contributed by atoms with E-state index in [9.17, 15) is 4.79 Å². The van der Waals surface area contributed by atoms with Crippen LogP contribution in [0.2, 0.25) is 5.02 Å². The first-order chi connectivity index (χ1) is 9.13. The molecule has 0 heterocycles.